The summed E-state index contributed by atoms with van der Waals surface area (Å²) in [7, 11) is 1.65. The molecular formula is C19H17N3O3S. The van der Waals surface area contributed by atoms with E-state index in [1.807, 2.05) is 18.2 Å². The molecule has 132 valence electrons. The van der Waals surface area contributed by atoms with Gasteiger partial charge in [0.25, 0.3) is 5.69 Å². The summed E-state index contributed by atoms with van der Waals surface area (Å²) in [6, 6.07) is 12.6. The normalized spacial score (nSPS) is 18.3. The lowest BCUT2D eigenvalue weighted by Crippen LogP contribution is -2.44. The lowest BCUT2D eigenvalue weighted by Gasteiger charge is -2.35. The third kappa shape index (κ3) is 2.80. The molecule has 2 aromatic rings. The minimum absolute atomic E-state index is 0.0776. The number of nitro groups is 1. The Morgan fingerprint density at radius 2 is 2.08 bits per heavy atom. The van der Waals surface area contributed by atoms with Gasteiger partial charge in [-0.15, -0.1) is 0 Å². The quantitative estimate of drug-likeness (QED) is 0.491. The number of rotatable bonds is 3. The van der Waals surface area contributed by atoms with Gasteiger partial charge >= 0.3 is 0 Å². The molecule has 1 aliphatic carbocycles. The van der Waals surface area contributed by atoms with E-state index in [1.54, 1.807) is 19.2 Å². The van der Waals surface area contributed by atoms with Crippen LogP contribution in [0.4, 0.5) is 5.69 Å². The number of aryl methyl sites for hydroxylation is 1. The zero-order chi connectivity index (χ0) is 18.3. The van der Waals surface area contributed by atoms with Crippen LogP contribution >= 0.6 is 12.2 Å². The lowest BCUT2D eigenvalue weighted by atomic mass is 9.82. The van der Waals surface area contributed by atoms with Crippen molar-refractivity contribution >= 4 is 28.7 Å². The smallest absolute Gasteiger partial charge is 0.269 e. The third-order valence-electron chi connectivity index (χ3n) is 4.85. The van der Waals surface area contributed by atoms with Gasteiger partial charge < -0.3 is 15.4 Å². The van der Waals surface area contributed by atoms with E-state index in [0.29, 0.717) is 5.11 Å². The highest BCUT2D eigenvalue weighted by molar-refractivity contribution is 7.80. The molecule has 0 bridgehead atoms. The second-order valence-corrected chi connectivity index (χ2v) is 6.72. The maximum Gasteiger partial charge on any atom is 0.269 e. The molecule has 1 atom stereocenters. The Bertz CT molecular complexity index is 955. The molecule has 1 heterocycles. The number of hydrogen-bond donors (Lipinski definition) is 2. The monoisotopic (exact) mass is 367 g/mol. The van der Waals surface area contributed by atoms with Crippen LogP contribution < -0.4 is 15.4 Å². The van der Waals surface area contributed by atoms with Gasteiger partial charge in [-0.2, -0.15) is 0 Å². The second kappa shape index (κ2) is 6.42. The molecule has 0 radical (unpaired) electrons. The first-order valence-electron chi connectivity index (χ1n) is 8.29. The fourth-order valence-corrected chi connectivity index (χ4v) is 3.83. The fourth-order valence-electron chi connectivity index (χ4n) is 3.61. The molecule has 0 amide bonds. The van der Waals surface area contributed by atoms with Crippen LogP contribution in [0.3, 0.4) is 0 Å². The molecule has 0 fully saturated rings. The largest absolute Gasteiger partial charge is 0.497 e. The van der Waals surface area contributed by atoms with E-state index < -0.39 is 0 Å². The van der Waals surface area contributed by atoms with E-state index in [-0.39, 0.29) is 16.7 Å². The summed E-state index contributed by atoms with van der Waals surface area (Å²) in [6.45, 7) is 0. The first kappa shape index (κ1) is 16.5. The van der Waals surface area contributed by atoms with Crippen LogP contribution in [0.15, 0.2) is 48.0 Å². The van der Waals surface area contributed by atoms with Crippen LogP contribution in [-0.2, 0) is 6.42 Å². The van der Waals surface area contributed by atoms with Crippen molar-refractivity contribution in [1.82, 2.24) is 10.6 Å². The van der Waals surface area contributed by atoms with E-state index in [0.717, 1.165) is 41.0 Å². The summed E-state index contributed by atoms with van der Waals surface area (Å²) in [6.07, 6.45) is 1.75. The van der Waals surface area contributed by atoms with Crippen molar-refractivity contribution < 1.29 is 9.66 Å². The number of hydrogen-bond acceptors (Lipinski definition) is 4. The molecule has 2 aromatic carbocycles. The van der Waals surface area contributed by atoms with Crippen molar-refractivity contribution in [3.05, 3.63) is 74.8 Å². The van der Waals surface area contributed by atoms with E-state index in [9.17, 15) is 10.1 Å². The Kier molecular flexibility index (Phi) is 4.08. The van der Waals surface area contributed by atoms with Crippen LogP contribution in [0.5, 0.6) is 5.75 Å². The number of ether oxygens (including phenoxy) is 1. The van der Waals surface area contributed by atoms with Crippen LogP contribution in [0.2, 0.25) is 0 Å². The van der Waals surface area contributed by atoms with Gasteiger partial charge in [-0.1, -0.05) is 18.2 Å². The number of non-ortho nitro benzene ring substituents is 1. The minimum atomic E-state index is -0.376. The van der Waals surface area contributed by atoms with Crippen LogP contribution in [0.25, 0.3) is 5.70 Å². The van der Waals surface area contributed by atoms with Gasteiger partial charge in [-0.25, -0.2) is 0 Å². The van der Waals surface area contributed by atoms with Crippen LogP contribution in [0, 0.1) is 10.1 Å². The molecule has 7 heteroatoms. The van der Waals surface area contributed by atoms with Gasteiger partial charge in [0.05, 0.1) is 18.1 Å². The average molecular weight is 367 g/mol. The van der Waals surface area contributed by atoms with Crippen LogP contribution in [-0.4, -0.2) is 17.1 Å². The summed E-state index contributed by atoms with van der Waals surface area (Å²) in [4.78, 5) is 10.8. The Morgan fingerprint density at radius 3 is 2.85 bits per heavy atom. The Balaban J connectivity index is 1.83. The summed E-state index contributed by atoms with van der Waals surface area (Å²) in [5.74, 6) is 0.788. The molecular weight excluding hydrogens is 350 g/mol. The van der Waals surface area contributed by atoms with E-state index in [4.69, 9.17) is 17.0 Å². The number of benzene rings is 2. The van der Waals surface area contributed by atoms with Crippen molar-refractivity contribution in [3.63, 3.8) is 0 Å². The summed E-state index contributed by atoms with van der Waals surface area (Å²) in [5.41, 5.74) is 5.35. The van der Waals surface area contributed by atoms with Crippen molar-refractivity contribution in [2.75, 3.05) is 7.11 Å². The SMILES string of the molecule is COc1ccc2c(c1)C1=C(CC2)C(c2cccc([N+](=O)[O-])c2)NC(=S)N1. The predicted molar refractivity (Wildman–Crippen MR) is 103 cm³/mol. The second-order valence-electron chi connectivity index (χ2n) is 6.31. The topological polar surface area (TPSA) is 76.4 Å². The number of methoxy groups -OCH3 is 1. The standard InChI is InChI=1S/C19H17N3O3S/c1-25-14-7-5-11-6-8-15-17(12-3-2-4-13(9-12)22(23)24)20-19(26)21-18(15)16(11)10-14/h2-5,7,9-10,17H,6,8H2,1H3,(H2,20,21,26). The maximum absolute atomic E-state index is 11.1. The molecule has 26 heavy (non-hydrogen) atoms. The molecule has 0 spiro atoms. The highest BCUT2D eigenvalue weighted by Crippen LogP contribution is 2.40. The number of nitrogens with zero attached hydrogens (tertiary/aromatic N) is 1. The molecule has 1 aliphatic heterocycles. The molecule has 0 aromatic heterocycles. The van der Waals surface area contributed by atoms with Crippen LogP contribution in [0.1, 0.15) is 29.2 Å². The number of thiocarbonyl (C=S) groups is 1. The fraction of sp³-hybridized carbons (Fsp3) is 0.211. The first-order valence-corrected chi connectivity index (χ1v) is 8.70. The van der Waals surface area contributed by atoms with E-state index in [2.05, 4.69) is 16.7 Å². The zero-order valence-corrected chi connectivity index (χ0v) is 14.9. The molecule has 4 rings (SSSR count). The first-order chi connectivity index (χ1) is 12.6. The average Bonchev–Trinajstić information content (AvgIpc) is 2.66. The predicted octanol–water partition coefficient (Wildman–Crippen LogP) is 3.48. The van der Waals surface area contributed by atoms with Gasteiger partial charge in [0.2, 0.25) is 0 Å². The lowest BCUT2D eigenvalue weighted by molar-refractivity contribution is -0.384. The molecule has 1 unspecified atom stereocenters. The Morgan fingerprint density at radius 1 is 1.23 bits per heavy atom. The zero-order valence-electron chi connectivity index (χ0n) is 14.1. The molecule has 6 nitrogen and oxygen atoms in total. The summed E-state index contributed by atoms with van der Waals surface area (Å²) < 4.78 is 5.37. The van der Waals surface area contributed by atoms with Gasteiger partial charge in [-0.3, -0.25) is 10.1 Å². The van der Waals surface area contributed by atoms with E-state index in [1.165, 1.54) is 11.6 Å². The molecule has 2 aliphatic rings. The third-order valence-corrected chi connectivity index (χ3v) is 5.07. The van der Waals surface area contributed by atoms with Crippen molar-refractivity contribution in [2.24, 2.45) is 0 Å². The van der Waals surface area contributed by atoms with Gasteiger partial charge in [0.15, 0.2) is 5.11 Å². The molecule has 0 saturated heterocycles. The number of nitrogens with one attached hydrogen (secondary N) is 2. The summed E-state index contributed by atoms with van der Waals surface area (Å²) >= 11 is 5.40. The number of fused-ring (bicyclic) bond motifs is 2. The summed E-state index contributed by atoms with van der Waals surface area (Å²) in [5, 5.41) is 18.2. The van der Waals surface area contributed by atoms with Gasteiger partial charge in [0, 0.05) is 23.4 Å². The maximum atomic E-state index is 11.1. The highest BCUT2D eigenvalue weighted by Gasteiger charge is 2.31. The van der Waals surface area contributed by atoms with E-state index >= 15 is 0 Å². The Labute approximate surface area is 156 Å². The Hall–Kier alpha value is -2.93. The van der Waals surface area contributed by atoms with Gasteiger partial charge in [0.1, 0.15) is 5.75 Å². The molecule has 2 N–H and O–H groups in total. The number of nitro benzene ring substituents is 1. The highest BCUT2D eigenvalue weighted by atomic mass is 32.1. The molecule has 0 saturated carbocycles. The van der Waals surface area contributed by atoms with Crippen molar-refractivity contribution in [2.45, 2.75) is 18.9 Å². The minimum Gasteiger partial charge on any atom is -0.497 e. The van der Waals surface area contributed by atoms with Crippen molar-refractivity contribution in [1.29, 1.82) is 0 Å². The van der Waals surface area contributed by atoms with Crippen molar-refractivity contribution in [3.8, 4) is 5.75 Å². The van der Waals surface area contributed by atoms with Gasteiger partial charge in [-0.05, 0) is 53.9 Å².